The molecule has 1 aliphatic rings. The fraction of sp³-hybridized carbons (Fsp3) is 0.562. The van der Waals surface area contributed by atoms with Crippen LogP contribution in [0, 0.1) is 6.92 Å². The van der Waals surface area contributed by atoms with Gasteiger partial charge in [-0.15, -0.1) is 11.3 Å². The molecule has 0 aromatic carbocycles. The Bertz CT molecular complexity index is 601. The molecular formula is C16H21ClN2OS. The summed E-state index contributed by atoms with van der Waals surface area (Å²) in [5.74, 6) is 0. The number of hydrogen-bond donors (Lipinski definition) is 1. The number of aliphatic hydroxyl groups excluding tert-OH is 1. The largest absolute Gasteiger partial charge is 0.387 e. The first-order valence-corrected chi connectivity index (χ1v) is 8.86. The average molecular weight is 325 g/mol. The molecule has 2 heterocycles. The second-order valence-corrected chi connectivity index (χ2v) is 7.18. The Morgan fingerprint density at radius 1 is 1.43 bits per heavy atom. The van der Waals surface area contributed by atoms with Gasteiger partial charge in [-0.1, -0.05) is 30.9 Å². The van der Waals surface area contributed by atoms with Crippen molar-refractivity contribution < 1.29 is 5.11 Å². The van der Waals surface area contributed by atoms with E-state index in [0.717, 1.165) is 16.1 Å². The minimum Gasteiger partial charge on any atom is -0.387 e. The molecule has 0 radical (unpaired) electrons. The summed E-state index contributed by atoms with van der Waals surface area (Å²) in [6.45, 7) is 1.97. The Morgan fingerprint density at radius 3 is 2.86 bits per heavy atom. The van der Waals surface area contributed by atoms with E-state index in [1.54, 1.807) is 0 Å². The van der Waals surface area contributed by atoms with Crippen LogP contribution in [-0.4, -0.2) is 14.9 Å². The quantitative estimate of drug-likeness (QED) is 0.886. The van der Waals surface area contributed by atoms with Gasteiger partial charge in [0.15, 0.2) is 0 Å². The zero-order chi connectivity index (χ0) is 14.8. The molecule has 1 N–H and O–H groups in total. The molecule has 1 saturated carbocycles. The van der Waals surface area contributed by atoms with Crippen molar-refractivity contribution in [1.29, 1.82) is 0 Å². The fourth-order valence-corrected chi connectivity index (χ4v) is 4.31. The minimum absolute atomic E-state index is 0.527. The van der Waals surface area contributed by atoms with Crippen LogP contribution in [-0.2, 0) is 6.42 Å². The van der Waals surface area contributed by atoms with Crippen molar-refractivity contribution in [3.63, 3.8) is 0 Å². The predicted molar refractivity (Wildman–Crippen MR) is 87.1 cm³/mol. The molecular weight excluding hydrogens is 304 g/mol. The number of nitrogens with zero attached hydrogens (tertiary/aromatic N) is 2. The van der Waals surface area contributed by atoms with Gasteiger partial charge < -0.3 is 5.11 Å². The van der Waals surface area contributed by atoms with Crippen molar-refractivity contribution in [2.24, 2.45) is 0 Å². The summed E-state index contributed by atoms with van der Waals surface area (Å²) >= 11 is 7.74. The van der Waals surface area contributed by atoms with Crippen LogP contribution in [0.2, 0.25) is 5.02 Å². The molecule has 3 nitrogen and oxygen atoms in total. The van der Waals surface area contributed by atoms with E-state index in [4.69, 9.17) is 11.6 Å². The molecule has 3 rings (SSSR count). The van der Waals surface area contributed by atoms with Crippen molar-refractivity contribution in [3.8, 4) is 0 Å². The zero-order valence-electron chi connectivity index (χ0n) is 12.3. The smallest absolute Gasteiger partial charge is 0.0953 e. The van der Waals surface area contributed by atoms with Gasteiger partial charge in [0, 0.05) is 12.6 Å². The highest BCUT2D eigenvalue weighted by molar-refractivity contribution is 7.10. The van der Waals surface area contributed by atoms with Crippen LogP contribution in [0.15, 0.2) is 17.6 Å². The maximum atomic E-state index is 10.4. The molecule has 1 aliphatic carbocycles. The summed E-state index contributed by atoms with van der Waals surface area (Å²) in [4.78, 5) is 0.849. The van der Waals surface area contributed by atoms with E-state index in [2.05, 4.69) is 16.0 Å². The number of rotatable bonds is 4. The van der Waals surface area contributed by atoms with E-state index >= 15 is 0 Å². The van der Waals surface area contributed by atoms with Gasteiger partial charge in [0.05, 0.1) is 27.7 Å². The first kappa shape index (κ1) is 15.1. The highest BCUT2D eigenvalue weighted by Crippen LogP contribution is 2.34. The van der Waals surface area contributed by atoms with E-state index in [9.17, 15) is 5.11 Å². The summed E-state index contributed by atoms with van der Waals surface area (Å²) < 4.78 is 2.09. The van der Waals surface area contributed by atoms with Gasteiger partial charge in [-0.25, -0.2) is 0 Å². The molecule has 114 valence electrons. The van der Waals surface area contributed by atoms with E-state index < -0.39 is 6.10 Å². The van der Waals surface area contributed by atoms with Crippen molar-refractivity contribution >= 4 is 22.9 Å². The van der Waals surface area contributed by atoms with Crippen molar-refractivity contribution in [3.05, 3.63) is 38.8 Å². The van der Waals surface area contributed by atoms with Crippen LogP contribution in [0.5, 0.6) is 0 Å². The fourth-order valence-electron chi connectivity index (χ4n) is 3.00. The maximum absolute atomic E-state index is 10.4. The molecule has 0 aliphatic heterocycles. The lowest BCUT2D eigenvalue weighted by molar-refractivity contribution is 0.180. The first-order chi connectivity index (χ1) is 10.1. The lowest BCUT2D eigenvalue weighted by Gasteiger charge is -2.21. The number of thiophene rings is 1. The maximum Gasteiger partial charge on any atom is 0.0953 e. The molecule has 0 bridgehead atoms. The van der Waals surface area contributed by atoms with Gasteiger partial charge >= 0.3 is 0 Å². The normalized spacial score (nSPS) is 18.0. The van der Waals surface area contributed by atoms with Crippen LogP contribution < -0.4 is 0 Å². The van der Waals surface area contributed by atoms with Gasteiger partial charge in [0.25, 0.3) is 0 Å². The van der Waals surface area contributed by atoms with Crippen molar-refractivity contribution in [1.82, 2.24) is 9.78 Å². The molecule has 0 spiro atoms. The Hall–Kier alpha value is -0.840. The van der Waals surface area contributed by atoms with Gasteiger partial charge in [0.1, 0.15) is 0 Å². The van der Waals surface area contributed by atoms with Crippen LogP contribution in [0.4, 0.5) is 0 Å². The zero-order valence-corrected chi connectivity index (χ0v) is 13.8. The van der Waals surface area contributed by atoms with Gasteiger partial charge in [-0.3, -0.25) is 4.68 Å². The van der Waals surface area contributed by atoms with Gasteiger partial charge in [0.2, 0.25) is 0 Å². The van der Waals surface area contributed by atoms with Crippen molar-refractivity contribution in [2.45, 2.75) is 57.6 Å². The van der Waals surface area contributed by atoms with E-state index in [1.165, 1.54) is 43.4 Å². The summed E-state index contributed by atoms with van der Waals surface area (Å²) in [6.07, 6.45) is 8.40. The third-order valence-electron chi connectivity index (χ3n) is 4.24. The Kier molecular flexibility index (Phi) is 4.67. The Labute approximate surface area is 134 Å². The minimum atomic E-state index is -0.564. The van der Waals surface area contributed by atoms with E-state index in [0.29, 0.717) is 17.5 Å². The molecule has 2 aromatic heterocycles. The summed E-state index contributed by atoms with van der Waals surface area (Å²) in [5, 5.41) is 17.7. The number of aliphatic hydroxyl groups is 1. The van der Waals surface area contributed by atoms with Crippen LogP contribution in [0.1, 0.15) is 60.4 Å². The molecule has 0 amide bonds. The van der Waals surface area contributed by atoms with Crippen molar-refractivity contribution in [2.75, 3.05) is 0 Å². The van der Waals surface area contributed by atoms with E-state index in [-0.39, 0.29) is 0 Å². The highest BCUT2D eigenvalue weighted by atomic mass is 35.5. The van der Waals surface area contributed by atoms with Crippen LogP contribution in [0.25, 0.3) is 0 Å². The lowest BCUT2D eigenvalue weighted by Crippen LogP contribution is -2.13. The molecule has 1 fully saturated rings. The standard InChI is InChI=1S/C16H21ClN2OS/c1-11-10-21-16(15(11)17)14(20)9-12-7-8-19(18-12)13-5-3-2-4-6-13/h7-8,10,13-14,20H,2-6,9H2,1H3. The number of aryl methyl sites for hydroxylation is 1. The average Bonchev–Trinajstić information content (AvgIpc) is 3.08. The second kappa shape index (κ2) is 6.51. The summed E-state index contributed by atoms with van der Waals surface area (Å²) in [7, 11) is 0. The van der Waals surface area contributed by atoms with E-state index in [1.807, 2.05) is 18.4 Å². The first-order valence-electron chi connectivity index (χ1n) is 7.60. The molecule has 21 heavy (non-hydrogen) atoms. The lowest BCUT2D eigenvalue weighted by atomic mass is 9.96. The predicted octanol–water partition coefficient (Wildman–Crippen LogP) is 4.69. The van der Waals surface area contributed by atoms with Crippen LogP contribution in [0.3, 0.4) is 0 Å². The molecule has 2 aromatic rings. The molecule has 1 unspecified atom stereocenters. The molecule has 1 atom stereocenters. The third-order valence-corrected chi connectivity index (χ3v) is 6.06. The topological polar surface area (TPSA) is 38.0 Å². The second-order valence-electron chi connectivity index (χ2n) is 5.90. The van der Waals surface area contributed by atoms with Gasteiger partial charge in [-0.2, -0.15) is 5.10 Å². The third kappa shape index (κ3) is 3.33. The Morgan fingerprint density at radius 2 is 2.19 bits per heavy atom. The Balaban J connectivity index is 1.67. The van der Waals surface area contributed by atoms with Crippen LogP contribution >= 0.6 is 22.9 Å². The molecule has 5 heteroatoms. The summed E-state index contributed by atoms with van der Waals surface area (Å²) in [5.41, 5.74) is 1.97. The monoisotopic (exact) mass is 324 g/mol. The highest BCUT2D eigenvalue weighted by Gasteiger charge is 2.19. The number of aromatic nitrogens is 2. The van der Waals surface area contributed by atoms with Gasteiger partial charge in [-0.05, 0) is 36.8 Å². The number of hydrogen-bond acceptors (Lipinski definition) is 3. The SMILES string of the molecule is Cc1csc(C(O)Cc2ccn(C3CCCCC3)n2)c1Cl. The number of halogens is 1. The molecule has 0 saturated heterocycles. The summed E-state index contributed by atoms with van der Waals surface area (Å²) in [6, 6.07) is 2.56.